The minimum absolute atomic E-state index is 0.0354. The third-order valence-corrected chi connectivity index (χ3v) is 4.82. The van der Waals surface area contributed by atoms with E-state index in [9.17, 15) is 4.79 Å². The Kier molecular flexibility index (Phi) is 5.46. The molecular weight excluding hydrogens is 374 g/mol. The van der Waals surface area contributed by atoms with Crippen LogP contribution >= 0.6 is 15.9 Å². The summed E-state index contributed by atoms with van der Waals surface area (Å²) in [4.78, 5) is 14.9. The standard InChI is InChI=1S/C18H22BrNO4/c1-12-5-3-4-6-20(12)18(21)13-9-15(23-8-7-22-2)14-11-17(19)24-16(14)10-13/h9-12H,3-8H2,1-2H3. The molecule has 0 radical (unpaired) electrons. The molecule has 3 rings (SSSR count). The number of hydrogen-bond donors (Lipinski definition) is 0. The lowest BCUT2D eigenvalue weighted by Crippen LogP contribution is -2.42. The van der Waals surface area contributed by atoms with E-state index in [2.05, 4.69) is 22.9 Å². The molecule has 130 valence electrons. The number of halogens is 1. The number of methoxy groups -OCH3 is 1. The lowest BCUT2D eigenvalue weighted by molar-refractivity contribution is 0.0635. The van der Waals surface area contributed by atoms with E-state index in [-0.39, 0.29) is 11.9 Å². The summed E-state index contributed by atoms with van der Waals surface area (Å²) in [7, 11) is 1.63. The number of fused-ring (bicyclic) bond motifs is 1. The average molecular weight is 396 g/mol. The van der Waals surface area contributed by atoms with Crippen molar-refractivity contribution < 1.29 is 18.7 Å². The van der Waals surface area contributed by atoms with Crippen molar-refractivity contribution in [2.24, 2.45) is 0 Å². The Balaban J connectivity index is 1.93. The molecule has 0 bridgehead atoms. The molecule has 0 N–H and O–H groups in total. The van der Waals surface area contributed by atoms with Crippen molar-refractivity contribution in [1.82, 2.24) is 4.90 Å². The molecule has 1 saturated heterocycles. The third kappa shape index (κ3) is 3.59. The molecule has 1 aliphatic heterocycles. The molecule has 1 aromatic carbocycles. The van der Waals surface area contributed by atoms with Crippen molar-refractivity contribution in [3.05, 3.63) is 28.4 Å². The van der Waals surface area contributed by atoms with Crippen molar-refractivity contribution in [2.75, 3.05) is 26.9 Å². The van der Waals surface area contributed by atoms with Crippen molar-refractivity contribution in [2.45, 2.75) is 32.2 Å². The Morgan fingerprint density at radius 3 is 2.92 bits per heavy atom. The van der Waals surface area contributed by atoms with E-state index < -0.39 is 0 Å². The van der Waals surface area contributed by atoms with Crippen molar-refractivity contribution in [3.63, 3.8) is 0 Å². The van der Waals surface area contributed by atoms with Crippen LogP contribution in [0.3, 0.4) is 0 Å². The minimum Gasteiger partial charge on any atom is -0.490 e. The molecule has 1 unspecified atom stereocenters. The zero-order chi connectivity index (χ0) is 17.1. The first-order chi connectivity index (χ1) is 11.6. The highest BCUT2D eigenvalue weighted by molar-refractivity contribution is 9.10. The van der Waals surface area contributed by atoms with Crippen molar-refractivity contribution >= 4 is 32.8 Å². The van der Waals surface area contributed by atoms with Gasteiger partial charge >= 0.3 is 0 Å². The van der Waals surface area contributed by atoms with E-state index in [1.54, 1.807) is 13.2 Å². The molecule has 2 aromatic rings. The van der Waals surface area contributed by atoms with Crippen LogP contribution in [0, 0.1) is 0 Å². The zero-order valence-electron chi connectivity index (χ0n) is 14.0. The fraction of sp³-hybridized carbons (Fsp3) is 0.500. The van der Waals surface area contributed by atoms with Crippen LogP contribution in [0.15, 0.2) is 27.3 Å². The maximum absolute atomic E-state index is 12.9. The number of ether oxygens (including phenoxy) is 2. The van der Waals surface area contributed by atoms with E-state index in [4.69, 9.17) is 13.9 Å². The quantitative estimate of drug-likeness (QED) is 0.710. The van der Waals surface area contributed by atoms with Gasteiger partial charge in [0.15, 0.2) is 4.67 Å². The summed E-state index contributed by atoms with van der Waals surface area (Å²) in [6, 6.07) is 5.73. The van der Waals surface area contributed by atoms with Crippen molar-refractivity contribution in [3.8, 4) is 5.75 Å². The normalized spacial score (nSPS) is 18.1. The Labute approximate surface area is 150 Å². The fourth-order valence-corrected chi connectivity index (χ4v) is 3.52. The Morgan fingerprint density at radius 2 is 2.17 bits per heavy atom. The number of amides is 1. The molecule has 1 aliphatic rings. The van der Waals surface area contributed by atoms with Gasteiger partial charge in [-0.15, -0.1) is 0 Å². The highest BCUT2D eigenvalue weighted by atomic mass is 79.9. The predicted octanol–water partition coefficient (Wildman–Crippen LogP) is 4.24. The van der Waals surface area contributed by atoms with Crippen LogP contribution < -0.4 is 4.74 Å². The lowest BCUT2D eigenvalue weighted by Gasteiger charge is -2.33. The van der Waals surface area contributed by atoms with E-state index in [0.717, 1.165) is 24.8 Å². The van der Waals surface area contributed by atoms with E-state index in [0.29, 0.717) is 34.8 Å². The Hall–Kier alpha value is -1.53. The number of likely N-dealkylation sites (tertiary alicyclic amines) is 1. The molecule has 1 atom stereocenters. The van der Waals surface area contributed by atoms with Gasteiger partial charge in [0.25, 0.3) is 5.91 Å². The monoisotopic (exact) mass is 395 g/mol. The predicted molar refractivity (Wildman–Crippen MR) is 95.6 cm³/mol. The lowest BCUT2D eigenvalue weighted by atomic mass is 10.0. The summed E-state index contributed by atoms with van der Waals surface area (Å²) in [5, 5.41) is 0.848. The van der Waals surface area contributed by atoms with Crippen molar-refractivity contribution in [1.29, 1.82) is 0 Å². The second-order valence-electron chi connectivity index (χ2n) is 6.12. The maximum Gasteiger partial charge on any atom is 0.254 e. The molecule has 2 heterocycles. The number of hydrogen-bond acceptors (Lipinski definition) is 4. The van der Waals surface area contributed by atoms with Crippen LogP contribution in [0.2, 0.25) is 0 Å². The number of benzene rings is 1. The van der Waals surface area contributed by atoms with E-state index in [1.807, 2.05) is 17.0 Å². The van der Waals surface area contributed by atoms with Crippen LogP contribution in [0.25, 0.3) is 11.0 Å². The van der Waals surface area contributed by atoms with Gasteiger partial charge in [-0.3, -0.25) is 4.79 Å². The number of furan rings is 1. The number of carbonyl (C=O) groups excluding carboxylic acids is 1. The summed E-state index contributed by atoms with van der Waals surface area (Å²) >= 11 is 3.35. The number of nitrogens with zero attached hydrogens (tertiary/aromatic N) is 1. The third-order valence-electron chi connectivity index (χ3n) is 4.43. The highest BCUT2D eigenvalue weighted by Gasteiger charge is 2.25. The second-order valence-corrected chi connectivity index (χ2v) is 6.90. The summed E-state index contributed by atoms with van der Waals surface area (Å²) in [5.74, 6) is 0.681. The van der Waals surface area contributed by atoms with Gasteiger partial charge in [-0.05, 0) is 54.2 Å². The van der Waals surface area contributed by atoms with Gasteiger partial charge in [0.05, 0.1) is 12.0 Å². The first-order valence-electron chi connectivity index (χ1n) is 8.26. The minimum atomic E-state index is 0.0354. The van der Waals surface area contributed by atoms with E-state index >= 15 is 0 Å². The zero-order valence-corrected chi connectivity index (χ0v) is 15.6. The average Bonchev–Trinajstić information content (AvgIpc) is 2.95. The first kappa shape index (κ1) is 17.3. The summed E-state index contributed by atoms with van der Waals surface area (Å²) < 4.78 is 17.1. The molecule has 6 heteroatoms. The molecule has 1 aromatic heterocycles. The van der Waals surface area contributed by atoms with Gasteiger partial charge in [-0.1, -0.05) is 0 Å². The maximum atomic E-state index is 12.9. The second kappa shape index (κ2) is 7.57. The van der Waals surface area contributed by atoms with Gasteiger partial charge in [-0.25, -0.2) is 0 Å². The molecule has 5 nitrogen and oxygen atoms in total. The molecule has 24 heavy (non-hydrogen) atoms. The number of rotatable bonds is 5. The first-order valence-corrected chi connectivity index (χ1v) is 9.05. The number of carbonyl (C=O) groups is 1. The van der Waals surface area contributed by atoms with Gasteiger partial charge in [0.2, 0.25) is 0 Å². The van der Waals surface area contributed by atoms with Crippen LogP contribution in [0.5, 0.6) is 5.75 Å². The molecule has 0 aliphatic carbocycles. The number of piperidine rings is 1. The molecule has 0 spiro atoms. The Morgan fingerprint density at radius 1 is 1.33 bits per heavy atom. The largest absolute Gasteiger partial charge is 0.490 e. The van der Waals surface area contributed by atoms with E-state index in [1.165, 1.54) is 6.42 Å². The SMILES string of the molecule is COCCOc1cc(C(=O)N2CCCCC2C)cc2oc(Br)cc12. The molecular formula is C18H22BrNO4. The van der Waals surface area contributed by atoms with Crippen LogP contribution in [-0.4, -0.2) is 43.7 Å². The summed E-state index contributed by atoms with van der Waals surface area (Å²) in [5.41, 5.74) is 1.25. The highest BCUT2D eigenvalue weighted by Crippen LogP contribution is 2.33. The van der Waals surface area contributed by atoms with Crippen LogP contribution in [0.4, 0.5) is 0 Å². The van der Waals surface area contributed by atoms with Crippen LogP contribution in [0.1, 0.15) is 36.5 Å². The molecule has 1 amide bonds. The fourth-order valence-electron chi connectivity index (χ4n) is 3.12. The summed E-state index contributed by atoms with van der Waals surface area (Å²) in [6.07, 6.45) is 3.29. The molecule has 0 saturated carbocycles. The summed E-state index contributed by atoms with van der Waals surface area (Å²) in [6.45, 7) is 3.82. The van der Waals surface area contributed by atoms with Gasteiger partial charge < -0.3 is 18.8 Å². The Bertz CT molecular complexity index is 727. The van der Waals surface area contributed by atoms with Gasteiger partial charge in [0.1, 0.15) is 17.9 Å². The van der Waals surface area contributed by atoms with Gasteiger partial charge in [-0.2, -0.15) is 0 Å². The topological polar surface area (TPSA) is 51.9 Å². The van der Waals surface area contributed by atoms with Gasteiger partial charge in [0, 0.05) is 31.3 Å². The molecule has 1 fully saturated rings. The smallest absolute Gasteiger partial charge is 0.254 e. The van der Waals surface area contributed by atoms with Crippen LogP contribution in [-0.2, 0) is 4.74 Å².